The molecule has 0 saturated heterocycles. The van der Waals surface area contributed by atoms with Gasteiger partial charge < -0.3 is 14.8 Å². The van der Waals surface area contributed by atoms with E-state index in [0.717, 1.165) is 24.2 Å². The van der Waals surface area contributed by atoms with Gasteiger partial charge in [0, 0.05) is 0 Å². The van der Waals surface area contributed by atoms with Crippen molar-refractivity contribution in [2.75, 3.05) is 13.7 Å². The molecule has 4 rings (SSSR count). The Labute approximate surface area is 198 Å². The third kappa shape index (κ3) is 4.27. The molecule has 34 heavy (non-hydrogen) atoms. The van der Waals surface area contributed by atoms with Crippen molar-refractivity contribution in [3.8, 4) is 5.75 Å². The smallest absolute Gasteiger partial charge is 0.331 e. The third-order valence-electron chi connectivity index (χ3n) is 6.45. The van der Waals surface area contributed by atoms with E-state index in [1.807, 2.05) is 0 Å². The van der Waals surface area contributed by atoms with E-state index in [0.29, 0.717) is 35.3 Å². The van der Waals surface area contributed by atoms with Crippen LogP contribution in [0.15, 0.2) is 42.5 Å². The van der Waals surface area contributed by atoms with Gasteiger partial charge >= 0.3 is 5.97 Å². The number of rotatable bonds is 7. The monoisotopic (exact) mass is 464 g/mol. The Bertz CT molecular complexity index is 1100. The molecular formula is C26H28N2O6. The second kappa shape index (κ2) is 9.67. The lowest BCUT2D eigenvalue weighted by atomic mass is 9.81. The van der Waals surface area contributed by atoms with E-state index in [1.165, 1.54) is 7.11 Å². The van der Waals surface area contributed by atoms with Crippen molar-refractivity contribution in [2.45, 2.75) is 51.1 Å². The molecule has 2 aromatic rings. The first-order valence-electron chi connectivity index (χ1n) is 11.5. The van der Waals surface area contributed by atoms with Crippen LogP contribution in [-0.2, 0) is 16.1 Å². The summed E-state index contributed by atoms with van der Waals surface area (Å²) in [4.78, 5) is 52.8. The lowest BCUT2D eigenvalue weighted by molar-refractivity contribution is -0.152. The molecule has 2 aliphatic rings. The van der Waals surface area contributed by atoms with E-state index in [-0.39, 0.29) is 30.5 Å². The molecule has 178 valence electrons. The maximum absolute atomic E-state index is 13.4. The highest BCUT2D eigenvalue weighted by atomic mass is 16.5. The Morgan fingerprint density at radius 1 is 1.00 bits per heavy atom. The van der Waals surface area contributed by atoms with Gasteiger partial charge in [0.2, 0.25) is 0 Å². The Hall–Kier alpha value is -3.68. The molecule has 0 atom stereocenters. The summed E-state index contributed by atoms with van der Waals surface area (Å²) in [6.45, 7) is 1.98. The van der Waals surface area contributed by atoms with E-state index in [9.17, 15) is 19.2 Å². The number of benzene rings is 2. The van der Waals surface area contributed by atoms with Gasteiger partial charge in [-0.15, -0.1) is 0 Å². The van der Waals surface area contributed by atoms with Crippen LogP contribution >= 0.6 is 0 Å². The number of fused-ring (bicyclic) bond motifs is 1. The number of esters is 1. The van der Waals surface area contributed by atoms with Gasteiger partial charge in [0.25, 0.3) is 17.7 Å². The van der Waals surface area contributed by atoms with Crippen molar-refractivity contribution in [3.63, 3.8) is 0 Å². The molecular weight excluding hydrogens is 436 g/mol. The lowest BCUT2D eigenvalue weighted by Gasteiger charge is -2.35. The molecule has 3 amide bonds. The van der Waals surface area contributed by atoms with Crippen molar-refractivity contribution in [3.05, 3.63) is 64.7 Å². The number of amides is 3. The maximum atomic E-state index is 13.4. The number of hydrogen-bond acceptors (Lipinski definition) is 6. The molecule has 0 radical (unpaired) electrons. The van der Waals surface area contributed by atoms with Crippen LogP contribution < -0.4 is 10.1 Å². The van der Waals surface area contributed by atoms with Crippen molar-refractivity contribution in [1.29, 1.82) is 0 Å². The van der Waals surface area contributed by atoms with E-state index < -0.39 is 17.4 Å². The first kappa shape index (κ1) is 23.5. The molecule has 0 aromatic heterocycles. The lowest BCUT2D eigenvalue weighted by Crippen LogP contribution is -2.56. The van der Waals surface area contributed by atoms with Crippen molar-refractivity contribution < 1.29 is 28.7 Å². The van der Waals surface area contributed by atoms with Crippen LogP contribution in [0.25, 0.3) is 0 Å². The summed E-state index contributed by atoms with van der Waals surface area (Å²) in [5.74, 6) is -1.30. The largest absolute Gasteiger partial charge is 0.496 e. The highest BCUT2D eigenvalue weighted by molar-refractivity contribution is 6.21. The van der Waals surface area contributed by atoms with E-state index in [1.54, 1.807) is 49.4 Å². The molecule has 2 aromatic carbocycles. The van der Waals surface area contributed by atoms with E-state index in [4.69, 9.17) is 9.47 Å². The molecule has 0 unspecified atom stereocenters. The minimum Gasteiger partial charge on any atom is -0.496 e. The zero-order valence-electron chi connectivity index (χ0n) is 19.4. The summed E-state index contributed by atoms with van der Waals surface area (Å²) in [6, 6.07) is 11.6. The predicted octanol–water partition coefficient (Wildman–Crippen LogP) is 3.49. The average Bonchev–Trinajstić information content (AvgIpc) is 3.09. The topological polar surface area (TPSA) is 102 Å². The van der Waals surface area contributed by atoms with Gasteiger partial charge in [0.05, 0.1) is 37.0 Å². The molecule has 1 fully saturated rings. The zero-order chi connectivity index (χ0) is 24.3. The zero-order valence-corrected chi connectivity index (χ0v) is 19.4. The number of carbonyl (C=O) groups is 4. The summed E-state index contributed by atoms with van der Waals surface area (Å²) in [5, 5.41) is 2.92. The molecule has 1 heterocycles. The van der Waals surface area contributed by atoms with E-state index >= 15 is 0 Å². The van der Waals surface area contributed by atoms with Gasteiger partial charge in [-0.1, -0.05) is 37.5 Å². The van der Waals surface area contributed by atoms with Crippen LogP contribution in [0.4, 0.5) is 0 Å². The Kier molecular flexibility index (Phi) is 6.68. The minimum atomic E-state index is -1.07. The normalized spacial score (nSPS) is 16.7. The van der Waals surface area contributed by atoms with Gasteiger partial charge in [0.15, 0.2) is 0 Å². The Balaban J connectivity index is 1.59. The summed E-state index contributed by atoms with van der Waals surface area (Å²) < 4.78 is 10.7. The van der Waals surface area contributed by atoms with Crippen LogP contribution in [0.2, 0.25) is 0 Å². The molecule has 1 N–H and O–H groups in total. The molecule has 1 saturated carbocycles. The molecule has 8 nitrogen and oxygen atoms in total. The predicted molar refractivity (Wildman–Crippen MR) is 124 cm³/mol. The van der Waals surface area contributed by atoms with Crippen LogP contribution in [0.5, 0.6) is 5.75 Å². The number of nitrogens with zero attached hydrogens (tertiary/aromatic N) is 1. The number of carbonyl (C=O) groups excluding carboxylic acids is 4. The first-order valence-corrected chi connectivity index (χ1v) is 11.5. The van der Waals surface area contributed by atoms with E-state index in [2.05, 4.69) is 5.32 Å². The number of methoxy groups -OCH3 is 1. The number of imide groups is 1. The molecule has 8 heteroatoms. The third-order valence-corrected chi connectivity index (χ3v) is 6.45. The fraction of sp³-hybridized carbons (Fsp3) is 0.385. The van der Waals surface area contributed by atoms with Crippen LogP contribution in [0.3, 0.4) is 0 Å². The highest BCUT2D eigenvalue weighted by Crippen LogP contribution is 2.31. The van der Waals surface area contributed by atoms with Crippen LogP contribution in [0, 0.1) is 0 Å². The van der Waals surface area contributed by atoms with Crippen LogP contribution in [0.1, 0.15) is 75.7 Å². The first-order chi connectivity index (χ1) is 16.4. The number of nitrogens with one attached hydrogen (secondary N) is 1. The van der Waals surface area contributed by atoms with Gasteiger partial charge in [-0.05, 0) is 49.6 Å². The fourth-order valence-corrected chi connectivity index (χ4v) is 4.69. The summed E-state index contributed by atoms with van der Waals surface area (Å²) in [5.41, 5.74) is 0.481. The van der Waals surface area contributed by atoms with Crippen molar-refractivity contribution in [2.24, 2.45) is 0 Å². The van der Waals surface area contributed by atoms with Crippen molar-refractivity contribution in [1.82, 2.24) is 10.2 Å². The van der Waals surface area contributed by atoms with Gasteiger partial charge in [-0.2, -0.15) is 0 Å². The van der Waals surface area contributed by atoms with Crippen molar-refractivity contribution >= 4 is 23.7 Å². The maximum Gasteiger partial charge on any atom is 0.331 e. The SMILES string of the molecule is CCOC(=O)C1(NC(=O)c2cc(CN3C(=O)c4ccccc4C3=O)ccc2OC)CCCCC1. The summed E-state index contributed by atoms with van der Waals surface area (Å²) >= 11 is 0. The van der Waals surface area contributed by atoms with Gasteiger partial charge in [0.1, 0.15) is 11.3 Å². The van der Waals surface area contributed by atoms with Crippen LogP contribution in [-0.4, -0.2) is 47.8 Å². The van der Waals surface area contributed by atoms with Gasteiger partial charge in [-0.25, -0.2) is 4.79 Å². The molecule has 0 bridgehead atoms. The standard InChI is InChI=1S/C26H28N2O6/c1-3-34-25(32)26(13-7-4-8-14-26)27-22(29)20-15-17(11-12-21(20)33-2)16-28-23(30)18-9-5-6-10-19(18)24(28)31/h5-6,9-12,15H,3-4,7-8,13-14,16H2,1-2H3,(H,27,29). The number of ether oxygens (including phenoxy) is 2. The fourth-order valence-electron chi connectivity index (χ4n) is 4.69. The quantitative estimate of drug-likeness (QED) is 0.497. The molecule has 1 aliphatic carbocycles. The second-order valence-electron chi connectivity index (χ2n) is 8.59. The molecule has 1 aliphatic heterocycles. The summed E-state index contributed by atoms with van der Waals surface area (Å²) in [7, 11) is 1.46. The molecule has 0 spiro atoms. The van der Waals surface area contributed by atoms with Gasteiger partial charge in [-0.3, -0.25) is 19.3 Å². The summed E-state index contributed by atoms with van der Waals surface area (Å²) in [6.07, 6.45) is 3.64. The average molecular weight is 465 g/mol. The minimum absolute atomic E-state index is 0.0135. The number of hydrogen-bond donors (Lipinski definition) is 1. The Morgan fingerprint density at radius 2 is 1.65 bits per heavy atom. The second-order valence-corrected chi connectivity index (χ2v) is 8.59. The Morgan fingerprint density at radius 3 is 2.24 bits per heavy atom. The highest BCUT2D eigenvalue weighted by Gasteiger charge is 2.43.